The molecule has 3 rings (SSSR count). The van der Waals surface area contributed by atoms with Crippen LogP contribution < -0.4 is 0 Å². The largest absolute Gasteiger partial charge is 0.465 e. The lowest BCUT2D eigenvalue weighted by Crippen LogP contribution is -2.10. The van der Waals surface area contributed by atoms with Gasteiger partial charge in [0.05, 0.1) is 23.7 Å². The Labute approximate surface area is 163 Å². The van der Waals surface area contributed by atoms with Gasteiger partial charge in [0.2, 0.25) is 0 Å². The van der Waals surface area contributed by atoms with Crippen LogP contribution in [0, 0.1) is 0 Å². The van der Waals surface area contributed by atoms with Crippen LogP contribution >= 0.6 is 11.8 Å². The molecule has 0 aromatic carbocycles. The third-order valence-corrected chi connectivity index (χ3v) is 4.06. The van der Waals surface area contributed by atoms with E-state index in [2.05, 4.69) is 19.9 Å². The zero-order valence-electron chi connectivity index (χ0n) is 15.4. The van der Waals surface area contributed by atoms with Crippen LogP contribution in [0.2, 0.25) is 0 Å². The van der Waals surface area contributed by atoms with Crippen molar-refractivity contribution in [1.82, 2.24) is 19.9 Å². The van der Waals surface area contributed by atoms with Crippen molar-refractivity contribution in [2.45, 2.75) is 25.4 Å². The van der Waals surface area contributed by atoms with E-state index in [1.807, 2.05) is 50.2 Å². The fourth-order valence-electron chi connectivity index (χ4n) is 2.05. The first-order valence-corrected chi connectivity index (χ1v) is 9.72. The van der Waals surface area contributed by atoms with E-state index in [4.69, 9.17) is 4.74 Å². The highest BCUT2D eigenvalue weighted by Crippen LogP contribution is 2.18. The number of hydrogen-bond donors (Lipinski definition) is 0. The number of esters is 1. The second-order valence-electron chi connectivity index (χ2n) is 5.02. The maximum Gasteiger partial charge on any atom is 0.316 e. The molecule has 0 atom stereocenters. The van der Waals surface area contributed by atoms with Crippen LogP contribution in [0.5, 0.6) is 0 Å². The average Bonchev–Trinajstić information content (AvgIpc) is 2.75. The molecule has 3 heterocycles. The molecule has 3 aromatic heterocycles. The van der Waals surface area contributed by atoms with Gasteiger partial charge in [0.15, 0.2) is 5.16 Å². The summed E-state index contributed by atoms with van der Waals surface area (Å²) in [7, 11) is 0. The first-order chi connectivity index (χ1) is 13.3. The first-order valence-electron chi connectivity index (χ1n) is 8.74. The molecule has 3 aromatic rings. The molecule has 0 saturated carbocycles. The Morgan fingerprint density at radius 2 is 1.70 bits per heavy atom. The summed E-state index contributed by atoms with van der Waals surface area (Å²) < 4.78 is 5.21. The van der Waals surface area contributed by atoms with Crippen molar-refractivity contribution in [3.63, 3.8) is 0 Å². The molecule has 0 bridgehead atoms. The van der Waals surface area contributed by atoms with Crippen LogP contribution in [0.25, 0.3) is 11.4 Å². The molecular weight excluding hydrogens is 360 g/mol. The predicted octanol–water partition coefficient (Wildman–Crippen LogP) is 3.84. The fourth-order valence-corrected chi connectivity index (χ4v) is 2.68. The van der Waals surface area contributed by atoms with Crippen molar-refractivity contribution >= 4 is 17.7 Å². The molecule has 0 unspecified atom stereocenters. The molecule has 0 saturated heterocycles. The monoisotopic (exact) mass is 382 g/mol. The van der Waals surface area contributed by atoms with E-state index < -0.39 is 0 Å². The number of aromatic nitrogens is 4. The first kappa shape index (κ1) is 20.5. The van der Waals surface area contributed by atoms with Crippen LogP contribution in [0.3, 0.4) is 0 Å². The van der Waals surface area contributed by atoms with Gasteiger partial charge in [0, 0.05) is 30.7 Å². The van der Waals surface area contributed by atoms with E-state index in [0.29, 0.717) is 18.2 Å². The van der Waals surface area contributed by atoms with Gasteiger partial charge in [0.1, 0.15) is 0 Å². The van der Waals surface area contributed by atoms with Crippen molar-refractivity contribution in [2.75, 3.05) is 12.4 Å². The molecule has 27 heavy (non-hydrogen) atoms. The van der Waals surface area contributed by atoms with Crippen molar-refractivity contribution in [3.8, 4) is 11.4 Å². The summed E-state index contributed by atoms with van der Waals surface area (Å²) in [6.45, 7) is 4.31. The molecule has 0 aliphatic carbocycles. The molecular formula is C20H22N4O2S. The van der Waals surface area contributed by atoms with Gasteiger partial charge < -0.3 is 4.74 Å². The smallest absolute Gasteiger partial charge is 0.316 e. The highest BCUT2D eigenvalue weighted by atomic mass is 32.2. The summed E-state index contributed by atoms with van der Waals surface area (Å²) in [4.78, 5) is 28.9. The summed E-state index contributed by atoms with van der Waals surface area (Å²) >= 11 is 1.24. The van der Waals surface area contributed by atoms with E-state index in [1.165, 1.54) is 11.8 Å². The van der Waals surface area contributed by atoms with E-state index in [-0.39, 0.29) is 11.7 Å². The second-order valence-corrected chi connectivity index (χ2v) is 5.96. The van der Waals surface area contributed by atoms with Crippen LogP contribution in [0.15, 0.2) is 66.2 Å². The fraction of sp³-hybridized carbons (Fsp3) is 0.250. The molecule has 140 valence electrons. The van der Waals surface area contributed by atoms with Crippen LogP contribution in [0.4, 0.5) is 0 Å². The number of pyridine rings is 2. The Bertz CT molecular complexity index is 816. The maximum absolute atomic E-state index is 11.8. The Balaban J connectivity index is 0.00000126. The summed E-state index contributed by atoms with van der Waals surface area (Å²) in [5, 5.41) is 0.518. The number of rotatable bonds is 7. The second kappa shape index (κ2) is 11.7. The Kier molecular flexibility index (Phi) is 8.92. The summed E-state index contributed by atoms with van der Waals surface area (Å²) in [5.74, 6) is -0.138. The van der Waals surface area contributed by atoms with Gasteiger partial charge in [-0.25, -0.2) is 9.97 Å². The minimum atomic E-state index is -0.298. The highest BCUT2D eigenvalue weighted by Gasteiger charge is 2.08. The summed E-state index contributed by atoms with van der Waals surface area (Å²) in [5.41, 5.74) is 2.39. The lowest BCUT2D eigenvalue weighted by molar-refractivity contribution is -0.140. The zero-order chi connectivity index (χ0) is 19.3. The molecule has 0 spiro atoms. The third-order valence-electron chi connectivity index (χ3n) is 3.23. The van der Waals surface area contributed by atoms with Gasteiger partial charge in [0.25, 0.3) is 0 Å². The molecule has 0 aliphatic rings. The van der Waals surface area contributed by atoms with Gasteiger partial charge in [-0.3, -0.25) is 14.8 Å². The number of hydrogen-bond acceptors (Lipinski definition) is 7. The normalized spacial score (nSPS) is 9.85. The van der Waals surface area contributed by atoms with E-state index in [1.54, 1.807) is 24.7 Å². The van der Waals surface area contributed by atoms with Crippen molar-refractivity contribution < 1.29 is 9.53 Å². The Morgan fingerprint density at radius 1 is 0.926 bits per heavy atom. The van der Waals surface area contributed by atoms with Crippen molar-refractivity contribution in [1.29, 1.82) is 0 Å². The zero-order valence-corrected chi connectivity index (χ0v) is 16.2. The SMILES string of the molecule is CC.O=C(CSc1nccc(-c2ccccn2)n1)OCCc1ccccn1. The van der Waals surface area contributed by atoms with Gasteiger partial charge in [-0.05, 0) is 30.3 Å². The van der Waals surface area contributed by atoms with Crippen molar-refractivity contribution in [3.05, 3.63) is 66.7 Å². The standard InChI is InChI=1S/C18H16N4O2S.C2H6/c23-17(24-12-8-14-5-1-3-9-19-14)13-25-18-21-11-7-16(22-18)15-6-2-4-10-20-15;1-2/h1-7,9-11H,8,12-13H2;1-2H3. The van der Waals surface area contributed by atoms with E-state index in [9.17, 15) is 4.79 Å². The topological polar surface area (TPSA) is 77.9 Å². The van der Waals surface area contributed by atoms with Gasteiger partial charge in [-0.1, -0.05) is 37.7 Å². The molecule has 6 nitrogen and oxygen atoms in total. The predicted molar refractivity (Wildman–Crippen MR) is 106 cm³/mol. The quantitative estimate of drug-likeness (QED) is 0.349. The molecule has 0 radical (unpaired) electrons. The van der Waals surface area contributed by atoms with Crippen molar-refractivity contribution in [2.24, 2.45) is 0 Å². The van der Waals surface area contributed by atoms with Gasteiger partial charge >= 0.3 is 5.97 Å². The Morgan fingerprint density at radius 3 is 2.41 bits per heavy atom. The Hall–Kier alpha value is -2.80. The van der Waals surface area contributed by atoms with Gasteiger partial charge in [-0.15, -0.1) is 0 Å². The minimum absolute atomic E-state index is 0.161. The molecule has 0 aliphatic heterocycles. The summed E-state index contributed by atoms with van der Waals surface area (Å²) in [6, 6.07) is 13.1. The lowest BCUT2D eigenvalue weighted by Gasteiger charge is -2.05. The molecule has 0 N–H and O–H groups in total. The van der Waals surface area contributed by atoms with E-state index in [0.717, 1.165) is 17.1 Å². The van der Waals surface area contributed by atoms with Crippen LogP contribution in [-0.2, 0) is 16.0 Å². The van der Waals surface area contributed by atoms with Crippen LogP contribution in [0.1, 0.15) is 19.5 Å². The highest BCUT2D eigenvalue weighted by molar-refractivity contribution is 7.99. The molecule has 7 heteroatoms. The molecule has 0 amide bonds. The maximum atomic E-state index is 11.8. The summed E-state index contributed by atoms with van der Waals surface area (Å²) in [6.07, 6.45) is 5.69. The average molecular weight is 382 g/mol. The lowest BCUT2D eigenvalue weighted by atomic mass is 10.3. The minimum Gasteiger partial charge on any atom is -0.465 e. The number of thioether (sulfide) groups is 1. The van der Waals surface area contributed by atoms with Crippen LogP contribution in [-0.4, -0.2) is 38.3 Å². The molecule has 0 fully saturated rings. The van der Waals surface area contributed by atoms with Gasteiger partial charge in [-0.2, -0.15) is 0 Å². The number of carbonyl (C=O) groups is 1. The number of carbonyl (C=O) groups excluding carboxylic acids is 1. The number of nitrogens with zero attached hydrogens (tertiary/aromatic N) is 4. The third kappa shape index (κ3) is 7.15. The number of ether oxygens (including phenoxy) is 1. The van der Waals surface area contributed by atoms with E-state index >= 15 is 0 Å².